The van der Waals surface area contributed by atoms with Crippen LogP contribution in [0.3, 0.4) is 0 Å². The highest BCUT2D eigenvalue weighted by atomic mass is 19.1. The smallest absolute Gasteiger partial charge is 0.410 e. The van der Waals surface area contributed by atoms with Gasteiger partial charge >= 0.3 is 12.1 Å². The maximum atomic E-state index is 14.8. The van der Waals surface area contributed by atoms with E-state index in [1.54, 1.807) is 11.8 Å². The minimum absolute atomic E-state index is 0.0843. The minimum Gasteiger partial charge on any atom is -0.466 e. The number of nitrogens with one attached hydrogen (secondary N) is 1. The molecule has 0 aliphatic carbocycles. The normalized spacial score (nSPS) is 16.0. The Bertz CT molecular complexity index is 740. The third-order valence-electron chi connectivity index (χ3n) is 5.52. The largest absolute Gasteiger partial charge is 0.466 e. The van der Waals surface area contributed by atoms with Gasteiger partial charge in [-0.2, -0.15) is 0 Å². The van der Waals surface area contributed by atoms with E-state index in [-0.39, 0.29) is 29.7 Å². The summed E-state index contributed by atoms with van der Waals surface area (Å²) < 4.78 is 25.3. The molecule has 1 unspecified atom stereocenters. The second-order valence-corrected chi connectivity index (χ2v) is 9.05. The highest BCUT2D eigenvalue weighted by molar-refractivity contribution is 5.72. The van der Waals surface area contributed by atoms with Crippen molar-refractivity contribution in [3.63, 3.8) is 0 Å². The van der Waals surface area contributed by atoms with Gasteiger partial charge in [0.05, 0.1) is 12.5 Å². The molecular weight excluding hydrogens is 399 g/mol. The topological polar surface area (TPSA) is 67.9 Å². The van der Waals surface area contributed by atoms with Gasteiger partial charge in [0.15, 0.2) is 0 Å². The van der Waals surface area contributed by atoms with Crippen LogP contribution in [0.5, 0.6) is 0 Å². The fourth-order valence-electron chi connectivity index (χ4n) is 3.81. The van der Waals surface area contributed by atoms with Gasteiger partial charge < -0.3 is 19.7 Å². The van der Waals surface area contributed by atoms with E-state index in [1.165, 1.54) is 6.07 Å². The maximum Gasteiger partial charge on any atom is 0.410 e. The van der Waals surface area contributed by atoms with E-state index in [2.05, 4.69) is 5.32 Å². The Morgan fingerprint density at radius 2 is 1.90 bits per heavy atom. The van der Waals surface area contributed by atoms with E-state index in [0.717, 1.165) is 6.42 Å². The molecule has 174 valence electrons. The molecule has 1 heterocycles. The summed E-state index contributed by atoms with van der Waals surface area (Å²) >= 11 is 0. The summed E-state index contributed by atoms with van der Waals surface area (Å²) in [5.41, 5.74) is 0.870. The minimum atomic E-state index is -0.518. The van der Waals surface area contributed by atoms with Crippen LogP contribution in [0.4, 0.5) is 14.9 Å². The summed E-state index contributed by atoms with van der Waals surface area (Å²) in [6.07, 6.45) is 2.47. The van der Waals surface area contributed by atoms with Crippen molar-refractivity contribution < 1.29 is 23.5 Å². The number of carbonyl (C=O) groups is 2. The molecule has 1 aromatic carbocycles. The Morgan fingerprint density at radius 1 is 1.23 bits per heavy atom. The first-order valence-electron chi connectivity index (χ1n) is 11.3. The van der Waals surface area contributed by atoms with Crippen LogP contribution < -0.4 is 5.32 Å². The number of likely N-dealkylation sites (tertiary alicyclic amines) is 1. The maximum absolute atomic E-state index is 14.8. The summed E-state index contributed by atoms with van der Waals surface area (Å²) in [6.45, 7) is 11.4. The van der Waals surface area contributed by atoms with Crippen molar-refractivity contribution in [1.29, 1.82) is 0 Å². The van der Waals surface area contributed by atoms with Gasteiger partial charge in [-0.3, -0.25) is 4.79 Å². The Labute approximate surface area is 185 Å². The first-order valence-corrected chi connectivity index (χ1v) is 11.3. The number of ether oxygens (including phenoxy) is 2. The fraction of sp³-hybridized carbons (Fsp3) is 0.667. The number of amides is 1. The number of hydrogen-bond acceptors (Lipinski definition) is 5. The first-order chi connectivity index (χ1) is 14.6. The molecule has 0 saturated carbocycles. The Balaban J connectivity index is 1.86. The second kappa shape index (κ2) is 11.3. The number of benzene rings is 1. The lowest BCUT2D eigenvalue weighted by Crippen LogP contribution is -2.41. The fourth-order valence-corrected chi connectivity index (χ4v) is 3.81. The number of anilines is 1. The van der Waals surface area contributed by atoms with Gasteiger partial charge in [-0.15, -0.1) is 0 Å². The van der Waals surface area contributed by atoms with E-state index in [4.69, 9.17) is 9.47 Å². The average Bonchev–Trinajstić information content (AvgIpc) is 2.70. The molecule has 1 aliphatic rings. The number of halogens is 1. The van der Waals surface area contributed by atoms with Gasteiger partial charge in [-0.05, 0) is 77.0 Å². The van der Waals surface area contributed by atoms with Crippen LogP contribution in [-0.2, 0) is 14.3 Å². The molecular formula is C24H37FN2O4. The SMILES string of the molecule is CCOC(=O)C(CC)CCNc1ccc(C2CCN(C(=O)OC(C)(C)C)CC2)c(F)c1. The lowest BCUT2D eigenvalue weighted by Gasteiger charge is -2.33. The lowest BCUT2D eigenvalue weighted by atomic mass is 9.89. The van der Waals surface area contributed by atoms with Gasteiger partial charge in [0.25, 0.3) is 0 Å². The molecule has 7 heteroatoms. The van der Waals surface area contributed by atoms with Crippen LogP contribution in [0.1, 0.15) is 71.8 Å². The van der Waals surface area contributed by atoms with E-state index >= 15 is 0 Å². The predicted octanol–water partition coefficient (Wildman–Crippen LogP) is 5.33. The standard InChI is InChI=1S/C24H37FN2O4/c1-6-17(22(28)30-7-2)10-13-26-19-8-9-20(21(25)16-19)18-11-14-27(15-12-18)23(29)31-24(3,4)5/h8-9,16-18,26H,6-7,10-15H2,1-5H3. The van der Waals surface area contributed by atoms with Crippen molar-refractivity contribution in [1.82, 2.24) is 4.90 Å². The molecule has 1 N–H and O–H groups in total. The molecule has 1 saturated heterocycles. The highest BCUT2D eigenvalue weighted by Crippen LogP contribution is 2.31. The van der Waals surface area contributed by atoms with Crippen molar-refractivity contribution in [3.05, 3.63) is 29.6 Å². The third kappa shape index (κ3) is 7.71. The number of rotatable bonds is 8. The van der Waals surface area contributed by atoms with E-state index in [0.29, 0.717) is 56.8 Å². The van der Waals surface area contributed by atoms with Crippen LogP contribution in [0.2, 0.25) is 0 Å². The zero-order valence-electron chi connectivity index (χ0n) is 19.5. The monoisotopic (exact) mass is 436 g/mol. The number of carbonyl (C=O) groups excluding carboxylic acids is 2. The molecule has 1 aliphatic heterocycles. The van der Waals surface area contributed by atoms with Gasteiger partial charge in [-0.25, -0.2) is 9.18 Å². The first kappa shape index (κ1) is 25.0. The number of hydrogen-bond donors (Lipinski definition) is 1. The van der Waals surface area contributed by atoms with Crippen LogP contribution >= 0.6 is 0 Å². The summed E-state index contributed by atoms with van der Waals surface area (Å²) in [6, 6.07) is 5.22. The summed E-state index contributed by atoms with van der Waals surface area (Å²) in [5, 5.41) is 3.20. The van der Waals surface area contributed by atoms with Gasteiger partial charge in [0, 0.05) is 25.3 Å². The molecule has 1 atom stereocenters. The molecule has 0 bridgehead atoms. The van der Waals surface area contributed by atoms with E-state index in [1.807, 2.05) is 39.8 Å². The Kier molecular flexibility index (Phi) is 9.14. The molecule has 1 fully saturated rings. The zero-order valence-corrected chi connectivity index (χ0v) is 19.5. The molecule has 31 heavy (non-hydrogen) atoms. The molecule has 2 rings (SSSR count). The van der Waals surface area contributed by atoms with Crippen molar-refractivity contribution >= 4 is 17.7 Å². The van der Waals surface area contributed by atoms with Crippen LogP contribution in [0.15, 0.2) is 18.2 Å². The highest BCUT2D eigenvalue weighted by Gasteiger charge is 2.28. The van der Waals surface area contributed by atoms with Crippen LogP contribution in [0, 0.1) is 11.7 Å². The Hall–Kier alpha value is -2.31. The van der Waals surface area contributed by atoms with Crippen molar-refractivity contribution in [2.24, 2.45) is 5.92 Å². The van der Waals surface area contributed by atoms with Crippen molar-refractivity contribution in [2.75, 3.05) is 31.6 Å². The quantitative estimate of drug-likeness (QED) is 0.558. The second-order valence-electron chi connectivity index (χ2n) is 9.05. The molecule has 1 aromatic rings. The molecule has 0 radical (unpaired) electrons. The molecule has 1 amide bonds. The van der Waals surface area contributed by atoms with Gasteiger partial charge in [-0.1, -0.05) is 13.0 Å². The van der Waals surface area contributed by atoms with Crippen molar-refractivity contribution in [2.45, 2.75) is 71.8 Å². The van der Waals surface area contributed by atoms with Gasteiger partial charge in [0.2, 0.25) is 0 Å². The molecule has 0 spiro atoms. The van der Waals surface area contributed by atoms with Gasteiger partial charge in [0.1, 0.15) is 11.4 Å². The average molecular weight is 437 g/mol. The predicted molar refractivity (Wildman–Crippen MR) is 120 cm³/mol. The zero-order chi connectivity index (χ0) is 23.0. The van der Waals surface area contributed by atoms with E-state index in [9.17, 15) is 14.0 Å². The lowest BCUT2D eigenvalue weighted by molar-refractivity contribution is -0.148. The molecule has 0 aromatic heterocycles. The van der Waals surface area contributed by atoms with Crippen LogP contribution in [-0.4, -0.2) is 48.8 Å². The van der Waals surface area contributed by atoms with Crippen molar-refractivity contribution in [3.8, 4) is 0 Å². The molecule has 6 nitrogen and oxygen atoms in total. The van der Waals surface area contributed by atoms with E-state index < -0.39 is 5.60 Å². The third-order valence-corrected chi connectivity index (χ3v) is 5.52. The summed E-state index contributed by atoms with van der Waals surface area (Å²) in [7, 11) is 0. The number of esters is 1. The number of piperidine rings is 1. The Morgan fingerprint density at radius 3 is 2.45 bits per heavy atom. The summed E-state index contributed by atoms with van der Waals surface area (Å²) in [4.78, 5) is 25.8. The number of nitrogens with zero attached hydrogens (tertiary/aromatic N) is 1. The van der Waals surface area contributed by atoms with Crippen LogP contribution in [0.25, 0.3) is 0 Å². The summed E-state index contributed by atoms with van der Waals surface area (Å²) in [5.74, 6) is -0.475.